The number of hydrogen-bond acceptors (Lipinski definition) is 0. The van der Waals surface area contributed by atoms with E-state index in [0.717, 1.165) is 10.9 Å². The molecule has 0 aliphatic carbocycles. The summed E-state index contributed by atoms with van der Waals surface area (Å²) >= 11 is -1.45. The summed E-state index contributed by atoms with van der Waals surface area (Å²) < 4.78 is 38.8. The Balaban J connectivity index is 2.39. The number of alkyl halides is 3. The Morgan fingerprint density at radius 1 is 1.20 bits per heavy atom. The molecule has 0 saturated carbocycles. The summed E-state index contributed by atoms with van der Waals surface area (Å²) in [4.78, 5) is 0. The zero-order valence-corrected chi connectivity index (χ0v) is 9.59. The SMILES string of the molecule is Cn1ccc2cc([Se]C(F)(F)F)ccc21. The van der Waals surface area contributed by atoms with Crippen LogP contribution in [0.1, 0.15) is 0 Å². The van der Waals surface area contributed by atoms with Crippen LogP contribution >= 0.6 is 0 Å². The number of aryl methyl sites for hydroxylation is 1. The molecule has 0 N–H and O–H groups in total. The average Bonchev–Trinajstić information content (AvgIpc) is 2.45. The van der Waals surface area contributed by atoms with Gasteiger partial charge in [0.15, 0.2) is 0 Å². The van der Waals surface area contributed by atoms with Gasteiger partial charge in [0, 0.05) is 0 Å². The normalized spacial score (nSPS) is 12.3. The molecule has 0 aliphatic heterocycles. The zero-order chi connectivity index (χ0) is 11.1. The van der Waals surface area contributed by atoms with E-state index in [2.05, 4.69) is 0 Å². The Hall–Kier alpha value is -0.931. The third kappa shape index (κ3) is 2.36. The van der Waals surface area contributed by atoms with Crippen LogP contribution in [0.4, 0.5) is 13.2 Å². The fourth-order valence-corrected chi connectivity index (χ4v) is 2.69. The molecule has 0 amide bonds. The molecule has 2 rings (SSSR count). The molecule has 0 spiro atoms. The molecular formula is C10H8F3NSe. The van der Waals surface area contributed by atoms with Gasteiger partial charge >= 0.3 is 90.6 Å². The molecule has 1 nitrogen and oxygen atoms in total. The van der Waals surface area contributed by atoms with Crippen molar-refractivity contribution in [1.29, 1.82) is 0 Å². The van der Waals surface area contributed by atoms with Crippen molar-refractivity contribution in [1.82, 2.24) is 4.57 Å². The first-order chi connectivity index (χ1) is 6.96. The van der Waals surface area contributed by atoms with Gasteiger partial charge < -0.3 is 0 Å². The molecule has 0 saturated heterocycles. The van der Waals surface area contributed by atoms with E-state index in [1.165, 1.54) is 0 Å². The van der Waals surface area contributed by atoms with E-state index in [0.29, 0.717) is 4.46 Å². The van der Waals surface area contributed by atoms with Gasteiger partial charge in [-0.05, 0) is 0 Å². The molecule has 0 radical (unpaired) electrons. The van der Waals surface area contributed by atoms with Crippen LogP contribution in [0.5, 0.6) is 0 Å². The maximum absolute atomic E-state index is 12.2. The third-order valence-corrected chi connectivity index (χ3v) is 3.60. The van der Waals surface area contributed by atoms with Crippen molar-refractivity contribution >= 4 is 30.3 Å². The summed E-state index contributed by atoms with van der Waals surface area (Å²) in [6, 6.07) is 6.72. The minimum absolute atomic E-state index is 0.369. The monoisotopic (exact) mass is 279 g/mol. The van der Waals surface area contributed by atoms with Gasteiger partial charge in [0.1, 0.15) is 0 Å². The summed E-state index contributed by atoms with van der Waals surface area (Å²) in [5.74, 6) is 0. The predicted octanol–water partition coefficient (Wildman–Crippen LogP) is 2.03. The number of nitrogens with zero attached hydrogens (tertiary/aromatic N) is 1. The summed E-state index contributed by atoms with van der Waals surface area (Å²) in [5, 5.41) is -3.21. The first-order valence-electron chi connectivity index (χ1n) is 4.26. The number of halogens is 3. The van der Waals surface area contributed by atoms with E-state index in [1.54, 1.807) is 18.2 Å². The molecule has 0 fully saturated rings. The summed E-state index contributed by atoms with van der Waals surface area (Å²) in [7, 11) is 1.87. The van der Waals surface area contributed by atoms with Crippen molar-refractivity contribution in [2.24, 2.45) is 7.05 Å². The molecule has 1 aromatic heterocycles. The van der Waals surface area contributed by atoms with E-state index >= 15 is 0 Å². The van der Waals surface area contributed by atoms with Crippen LogP contribution in [0.15, 0.2) is 30.5 Å². The molecule has 1 heterocycles. The van der Waals surface area contributed by atoms with Crippen LogP contribution in [-0.4, -0.2) is 24.6 Å². The number of hydrogen-bond donors (Lipinski definition) is 0. The molecule has 1 aromatic carbocycles. The average molecular weight is 278 g/mol. The standard InChI is InChI=1S/C10H8F3NSe/c1-14-5-4-7-6-8(2-3-9(7)14)15-10(11,12)13/h2-6H,1H3. The van der Waals surface area contributed by atoms with Gasteiger partial charge in [0.25, 0.3) is 0 Å². The van der Waals surface area contributed by atoms with Crippen LogP contribution in [-0.2, 0) is 7.05 Å². The first kappa shape index (κ1) is 10.6. The molecule has 80 valence electrons. The number of benzene rings is 1. The molecule has 15 heavy (non-hydrogen) atoms. The Morgan fingerprint density at radius 3 is 2.60 bits per heavy atom. The molecular weight excluding hydrogens is 270 g/mol. The van der Waals surface area contributed by atoms with Crippen molar-refractivity contribution in [3.8, 4) is 0 Å². The molecule has 0 aliphatic rings. The van der Waals surface area contributed by atoms with Gasteiger partial charge in [0.2, 0.25) is 0 Å². The van der Waals surface area contributed by atoms with E-state index in [-0.39, 0.29) is 0 Å². The molecule has 0 bridgehead atoms. The fourth-order valence-electron chi connectivity index (χ4n) is 1.46. The summed E-state index contributed by atoms with van der Waals surface area (Å²) in [6.07, 6.45) is 1.84. The topological polar surface area (TPSA) is 4.93 Å². The van der Waals surface area contributed by atoms with E-state index < -0.39 is 20.0 Å². The van der Waals surface area contributed by atoms with Gasteiger partial charge in [-0.3, -0.25) is 0 Å². The second-order valence-corrected chi connectivity index (χ2v) is 5.58. The fraction of sp³-hybridized carbons (Fsp3) is 0.200. The number of aromatic nitrogens is 1. The van der Waals surface area contributed by atoms with Gasteiger partial charge in [0.05, 0.1) is 0 Å². The summed E-state index contributed by atoms with van der Waals surface area (Å²) in [6.45, 7) is 0. The molecule has 2 aromatic rings. The van der Waals surface area contributed by atoms with Gasteiger partial charge in [-0.2, -0.15) is 0 Å². The van der Waals surface area contributed by atoms with E-state index in [9.17, 15) is 13.2 Å². The zero-order valence-electron chi connectivity index (χ0n) is 7.88. The van der Waals surface area contributed by atoms with Crippen molar-refractivity contribution in [2.75, 3.05) is 0 Å². The molecule has 5 heteroatoms. The Kier molecular flexibility index (Phi) is 2.52. The van der Waals surface area contributed by atoms with Crippen LogP contribution in [0, 0.1) is 0 Å². The van der Waals surface area contributed by atoms with E-state index in [1.807, 2.05) is 23.9 Å². The maximum atomic E-state index is 12.2. The molecule has 0 unspecified atom stereocenters. The van der Waals surface area contributed by atoms with Crippen LogP contribution in [0.25, 0.3) is 10.9 Å². The minimum atomic E-state index is -4.07. The van der Waals surface area contributed by atoms with Crippen LogP contribution in [0.3, 0.4) is 0 Å². The van der Waals surface area contributed by atoms with Crippen LogP contribution in [0.2, 0.25) is 0 Å². The van der Waals surface area contributed by atoms with Gasteiger partial charge in [-0.25, -0.2) is 0 Å². The Labute approximate surface area is 91.0 Å². The third-order valence-electron chi connectivity index (χ3n) is 2.09. The van der Waals surface area contributed by atoms with Crippen molar-refractivity contribution in [2.45, 2.75) is 5.07 Å². The van der Waals surface area contributed by atoms with Gasteiger partial charge in [-0.15, -0.1) is 0 Å². The van der Waals surface area contributed by atoms with E-state index in [4.69, 9.17) is 0 Å². The van der Waals surface area contributed by atoms with Crippen molar-refractivity contribution < 1.29 is 13.2 Å². The van der Waals surface area contributed by atoms with Crippen LogP contribution < -0.4 is 4.46 Å². The Bertz CT molecular complexity index is 487. The van der Waals surface area contributed by atoms with Gasteiger partial charge in [-0.1, -0.05) is 0 Å². The molecule has 0 atom stereocenters. The van der Waals surface area contributed by atoms with Crippen molar-refractivity contribution in [3.63, 3.8) is 0 Å². The predicted molar refractivity (Wildman–Crippen MR) is 54.4 cm³/mol. The number of fused-ring (bicyclic) bond motifs is 1. The second-order valence-electron chi connectivity index (χ2n) is 3.20. The second kappa shape index (κ2) is 3.58. The summed E-state index contributed by atoms with van der Waals surface area (Å²) in [5.41, 5.74) is 0.955. The number of rotatable bonds is 1. The first-order valence-corrected chi connectivity index (χ1v) is 5.98. The van der Waals surface area contributed by atoms with Crippen molar-refractivity contribution in [3.05, 3.63) is 30.5 Å². The Morgan fingerprint density at radius 2 is 1.93 bits per heavy atom. The quantitative estimate of drug-likeness (QED) is 0.703.